The van der Waals surface area contributed by atoms with E-state index in [1.807, 2.05) is 0 Å². The molecule has 21 rings (SSSR count). The lowest BCUT2D eigenvalue weighted by Crippen LogP contribution is -2.61. The molecule has 7 unspecified atom stereocenters. The second kappa shape index (κ2) is 28.9. The van der Waals surface area contributed by atoms with Crippen molar-refractivity contribution in [2.24, 2.45) is 40.4 Å². The van der Waals surface area contributed by atoms with Gasteiger partial charge in [0.05, 0.1) is 22.4 Å². The first-order valence-corrected chi connectivity index (χ1v) is 46.6. The van der Waals surface area contributed by atoms with Crippen molar-refractivity contribution in [1.29, 1.82) is 0 Å². The Kier molecular flexibility index (Phi) is 18.6. The lowest BCUT2D eigenvalue weighted by atomic mass is 9.33. The van der Waals surface area contributed by atoms with E-state index in [-0.39, 0.29) is 45.1 Å². The number of benzene rings is 11. The molecule has 0 bridgehead atoms. The van der Waals surface area contributed by atoms with Gasteiger partial charge in [-0.15, -0.1) is 0 Å². The fraction of sp³-hybridized carbons (Fsp3) is 0.339. The minimum Gasteiger partial charge on any atom is -0.365 e. The number of hydrogen-bond acceptors (Lipinski definition) is 3. The Balaban J connectivity index is 0.955. The lowest BCUT2D eigenvalue weighted by Gasteiger charge is -2.48. The van der Waals surface area contributed by atoms with Gasteiger partial charge in [-0.05, 0) is 256 Å². The summed E-state index contributed by atoms with van der Waals surface area (Å²) in [4.78, 5) is 8.86. The third-order valence-electron chi connectivity index (χ3n) is 30.3. The molecule has 2 saturated carbocycles. The Morgan fingerprint density at radius 3 is 1.28 bits per heavy atom. The van der Waals surface area contributed by atoms with Gasteiger partial charge in [0.1, 0.15) is 0 Å². The normalized spacial score (nSPS) is 21.1. The number of nitrogens with zero attached hydrogens (tertiary/aromatic N) is 4. The van der Waals surface area contributed by atoms with E-state index in [9.17, 15) is 0 Å². The average Bonchev–Trinajstić information content (AvgIpc) is 1.50. The fourth-order valence-electron chi connectivity index (χ4n) is 23.7. The second-order valence-corrected chi connectivity index (χ2v) is 44.2. The van der Waals surface area contributed by atoms with Crippen molar-refractivity contribution in [3.63, 3.8) is 0 Å². The molecule has 0 spiro atoms. The molecule has 4 nitrogen and oxygen atoms in total. The predicted octanol–water partition coefficient (Wildman–Crippen LogP) is 30.1. The van der Waals surface area contributed by atoms with Crippen molar-refractivity contribution in [3.8, 4) is 50.2 Å². The van der Waals surface area contributed by atoms with E-state index in [1.165, 1.54) is 230 Å². The summed E-state index contributed by atoms with van der Waals surface area (Å²) in [6.07, 6.45) is 27.0. The summed E-state index contributed by atoms with van der Waals surface area (Å²) in [6.45, 7) is 43.0. The van der Waals surface area contributed by atoms with Crippen LogP contribution in [0.3, 0.4) is 0 Å². The first-order valence-electron chi connectivity index (χ1n) is 46.6. The summed E-state index contributed by atoms with van der Waals surface area (Å²) in [5.74, 6) is 2.29. The van der Waals surface area contributed by atoms with Gasteiger partial charge in [-0.25, -0.2) is 0 Å². The summed E-state index contributed by atoms with van der Waals surface area (Å²) in [5.41, 5.74) is 40.5. The van der Waals surface area contributed by atoms with Gasteiger partial charge >= 0.3 is 0 Å². The highest BCUT2D eigenvalue weighted by atomic mass is 15.3. The molecular formula is C118H123BN4. The largest absolute Gasteiger partial charge is 0.365 e. The van der Waals surface area contributed by atoms with Crippen LogP contribution in [0.2, 0.25) is 0 Å². The number of aromatic nitrogens is 1. The molecule has 11 aromatic carbocycles. The highest BCUT2D eigenvalue weighted by Crippen LogP contribution is 2.61. The summed E-state index contributed by atoms with van der Waals surface area (Å²) in [6, 6.07) is 93.4. The van der Waals surface area contributed by atoms with Crippen LogP contribution < -0.4 is 31.1 Å². The molecule has 1 aromatic heterocycles. The van der Waals surface area contributed by atoms with Crippen LogP contribution in [-0.2, 0) is 21.7 Å². The number of allylic oxidation sites excluding steroid dienone is 12. The molecule has 6 aliphatic carbocycles. The van der Waals surface area contributed by atoms with Crippen molar-refractivity contribution in [2.45, 2.75) is 216 Å². The molecule has 123 heavy (non-hydrogen) atoms. The molecular weight excluding hydrogens is 1480 g/mol. The van der Waals surface area contributed by atoms with Gasteiger partial charge in [0.2, 0.25) is 0 Å². The third-order valence-corrected chi connectivity index (χ3v) is 30.3. The zero-order valence-corrected chi connectivity index (χ0v) is 76.2. The smallest absolute Gasteiger partial charge is 0.252 e. The zero-order valence-electron chi connectivity index (χ0n) is 76.2. The maximum absolute atomic E-state index is 3.10. The quantitative estimate of drug-likeness (QED) is 0.134. The van der Waals surface area contributed by atoms with Gasteiger partial charge in [-0.1, -0.05) is 344 Å². The first-order chi connectivity index (χ1) is 58.8. The molecule has 5 heteroatoms. The predicted molar refractivity (Wildman–Crippen MR) is 528 cm³/mol. The Labute approximate surface area is 734 Å². The Bertz CT molecular complexity index is 6290. The topological polar surface area (TPSA) is 14.7 Å². The SMILES string of the molecule is CC(C)(C)C1=CC2=C(c3ccc4c(c3)B3c5ccc(-n6c7ccc(C(C)(C)C)cc7c7cc(C(C)(C)C)ccc76)cc5N(c5c(-c6ccccc6)cc(C(C)(C)C)cc5-c5ccccc5)c5cc(N6C7CCCCC7C7CCCCC76)cc(c53)N4c3c(-c4ccccc4)cc(C(C)(C)C)cc3-c3ccccc3)C=C3C=C(C(C)(C)C)CC4C=CC(=C1)C2C34. The molecule has 3 aliphatic heterocycles. The van der Waals surface area contributed by atoms with E-state index >= 15 is 0 Å². The molecule has 3 fully saturated rings. The van der Waals surface area contributed by atoms with Crippen LogP contribution in [-0.4, -0.2) is 23.4 Å². The molecule has 1 saturated heterocycles. The summed E-state index contributed by atoms with van der Waals surface area (Å²) >= 11 is 0. The van der Waals surface area contributed by atoms with Gasteiger partial charge in [-0.3, -0.25) is 0 Å². The van der Waals surface area contributed by atoms with Gasteiger partial charge in [0.25, 0.3) is 6.71 Å². The molecule has 9 aliphatic rings. The molecule has 0 radical (unpaired) electrons. The van der Waals surface area contributed by atoms with Gasteiger partial charge in [0.15, 0.2) is 0 Å². The van der Waals surface area contributed by atoms with E-state index in [0.717, 1.165) is 12.1 Å². The highest BCUT2D eigenvalue weighted by molar-refractivity contribution is 7.00. The number of hydrogen-bond donors (Lipinski definition) is 0. The zero-order chi connectivity index (χ0) is 85.0. The first kappa shape index (κ1) is 79.3. The maximum Gasteiger partial charge on any atom is 0.252 e. The van der Waals surface area contributed by atoms with Crippen LogP contribution in [0.1, 0.15) is 210 Å². The van der Waals surface area contributed by atoms with Crippen LogP contribution in [0.5, 0.6) is 0 Å². The van der Waals surface area contributed by atoms with E-state index in [2.05, 4.69) is 411 Å². The van der Waals surface area contributed by atoms with E-state index in [1.54, 1.807) is 5.57 Å². The van der Waals surface area contributed by atoms with Crippen molar-refractivity contribution < 1.29 is 0 Å². The Morgan fingerprint density at radius 2 is 0.813 bits per heavy atom. The molecule has 0 amide bonds. The lowest BCUT2D eigenvalue weighted by molar-refractivity contribution is 0.231. The highest BCUT2D eigenvalue weighted by Gasteiger charge is 2.53. The maximum atomic E-state index is 3.10. The van der Waals surface area contributed by atoms with E-state index in [0.29, 0.717) is 35.8 Å². The van der Waals surface area contributed by atoms with Crippen LogP contribution >= 0.6 is 0 Å². The van der Waals surface area contributed by atoms with E-state index < -0.39 is 0 Å². The third kappa shape index (κ3) is 13.2. The minimum absolute atomic E-state index is 0.0208. The molecule has 4 heterocycles. The minimum atomic E-state index is -0.259. The standard InChI is InChI=1S/C118H123BN4/c1-113(2,3)80-50-55-102-95(62-80)96-63-81(114(4,5)6)51-56-103(96)120(102)86-52-53-98-105(69-86)123(112-93(74-39-27-21-28-40-74)66-85(118(16,17)18)67-94(112)75-41-29-22-30-42-75)107-71-87(121-100-45-33-31-43-88(100)89-44-32-34-46-101(89)121)70-106-110(107)119(98)99-61-76(90-60-79-59-82(115(7,8)9)57-77-47-48-78-58-83(116(10,11)12)68-97(90)109(78)108(77)79)49-54-104(99)122(106)111-91(72-35-23-19-24-36-72)64-84(117(13,14)15)65-92(111)73-37-25-20-26-38-73/h19-30,35-42,47-56,58-71,77,88-89,100-101,108-109H,31-34,43-46,57H2,1-18H3. The van der Waals surface area contributed by atoms with Gasteiger partial charge in [0, 0.05) is 91.1 Å². The Hall–Kier alpha value is -10.9. The second-order valence-electron chi connectivity index (χ2n) is 44.2. The van der Waals surface area contributed by atoms with Crippen LogP contribution in [0.25, 0.3) is 77.6 Å². The van der Waals surface area contributed by atoms with Crippen molar-refractivity contribution in [2.75, 3.05) is 14.7 Å². The van der Waals surface area contributed by atoms with Gasteiger partial charge in [-0.2, -0.15) is 0 Å². The monoisotopic (exact) mass is 1610 g/mol. The van der Waals surface area contributed by atoms with Crippen molar-refractivity contribution >= 4 is 90.3 Å². The van der Waals surface area contributed by atoms with Crippen molar-refractivity contribution in [3.05, 3.63) is 323 Å². The number of rotatable bonds is 9. The number of fused-ring (bicyclic) bond motifs is 10. The summed E-state index contributed by atoms with van der Waals surface area (Å²) in [7, 11) is 0. The summed E-state index contributed by atoms with van der Waals surface area (Å²) in [5, 5.41) is 2.58. The average molecular weight is 1610 g/mol. The van der Waals surface area contributed by atoms with Crippen LogP contribution in [0.4, 0.5) is 39.8 Å². The molecule has 0 N–H and O–H groups in total. The number of anilines is 7. The molecule has 618 valence electrons. The van der Waals surface area contributed by atoms with Crippen LogP contribution in [0, 0.1) is 40.4 Å². The fourth-order valence-corrected chi connectivity index (χ4v) is 23.7. The van der Waals surface area contributed by atoms with Crippen molar-refractivity contribution in [1.82, 2.24) is 4.57 Å². The summed E-state index contributed by atoms with van der Waals surface area (Å²) < 4.78 is 2.64. The van der Waals surface area contributed by atoms with Crippen LogP contribution in [0.15, 0.2) is 295 Å². The molecule has 12 aromatic rings. The molecule has 7 atom stereocenters. The van der Waals surface area contributed by atoms with Gasteiger partial charge < -0.3 is 19.3 Å². The Morgan fingerprint density at radius 1 is 0.350 bits per heavy atom. The van der Waals surface area contributed by atoms with E-state index in [4.69, 9.17) is 0 Å².